The lowest BCUT2D eigenvalue weighted by molar-refractivity contribution is -0.120. The van der Waals surface area contributed by atoms with Gasteiger partial charge >= 0.3 is 0 Å². The molecular formula is C10H15NO2. The summed E-state index contributed by atoms with van der Waals surface area (Å²) in [6.07, 6.45) is 4.47. The molecule has 3 nitrogen and oxygen atoms in total. The lowest BCUT2D eigenvalue weighted by Gasteiger charge is -2.22. The number of carbonyl (C=O) groups excluding carboxylic acids is 1. The van der Waals surface area contributed by atoms with Gasteiger partial charge in [0, 0.05) is 12.0 Å². The van der Waals surface area contributed by atoms with Crippen molar-refractivity contribution in [1.29, 1.82) is 0 Å². The summed E-state index contributed by atoms with van der Waals surface area (Å²) in [7, 11) is 0. The summed E-state index contributed by atoms with van der Waals surface area (Å²) in [5, 5.41) is 0. The first-order chi connectivity index (χ1) is 6.12. The molecule has 1 atom stereocenters. The topological polar surface area (TPSA) is 52.3 Å². The van der Waals surface area contributed by atoms with E-state index in [1.54, 1.807) is 6.26 Å². The first kappa shape index (κ1) is 8.75. The van der Waals surface area contributed by atoms with Crippen LogP contribution in [0.5, 0.6) is 0 Å². The molecule has 0 spiro atoms. The highest BCUT2D eigenvalue weighted by Gasteiger charge is 2.45. The van der Waals surface area contributed by atoms with Crippen molar-refractivity contribution in [1.82, 2.24) is 0 Å². The molecule has 0 radical (unpaired) electrons. The van der Waals surface area contributed by atoms with Crippen molar-refractivity contribution in [2.45, 2.75) is 31.7 Å². The monoisotopic (exact) mass is 181 g/mol. The largest absolute Gasteiger partial charge is 0.500 e. The molecule has 1 aliphatic heterocycles. The van der Waals surface area contributed by atoms with Gasteiger partial charge in [-0.05, 0) is 25.7 Å². The Morgan fingerprint density at radius 2 is 2.38 bits per heavy atom. The molecule has 0 aromatic rings. The molecular weight excluding hydrogens is 166 g/mol. The average Bonchev–Trinajstić information content (AvgIpc) is 2.82. The highest BCUT2D eigenvalue weighted by Crippen LogP contribution is 2.40. The predicted molar refractivity (Wildman–Crippen MR) is 49.0 cm³/mol. The third-order valence-electron chi connectivity index (χ3n) is 2.92. The van der Waals surface area contributed by atoms with Crippen molar-refractivity contribution in [2.75, 3.05) is 6.61 Å². The van der Waals surface area contributed by atoms with E-state index in [0.29, 0.717) is 12.5 Å². The van der Waals surface area contributed by atoms with E-state index in [4.69, 9.17) is 10.5 Å². The number of Topliss-reactive ketones (excluding diaryl/α,β-unsaturated/α-hetero) is 1. The van der Waals surface area contributed by atoms with E-state index in [0.717, 1.165) is 24.8 Å². The van der Waals surface area contributed by atoms with E-state index in [9.17, 15) is 4.79 Å². The third kappa shape index (κ3) is 1.48. The maximum atomic E-state index is 11.9. The van der Waals surface area contributed by atoms with Crippen molar-refractivity contribution < 1.29 is 9.53 Å². The van der Waals surface area contributed by atoms with Crippen molar-refractivity contribution in [3.8, 4) is 0 Å². The summed E-state index contributed by atoms with van der Waals surface area (Å²) in [5.41, 5.74) is 6.11. The predicted octanol–water partition coefficient (Wildman–Crippen LogP) is 0.987. The molecule has 1 heterocycles. The minimum absolute atomic E-state index is 0.0764. The fourth-order valence-electron chi connectivity index (χ4n) is 1.77. The van der Waals surface area contributed by atoms with Crippen LogP contribution in [0.15, 0.2) is 11.8 Å². The van der Waals surface area contributed by atoms with Crippen LogP contribution in [-0.2, 0) is 9.53 Å². The first-order valence-electron chi connectivity index (χ1n) is 4.76. The third-order valence-corrected chi connectivity index (χ3v) is 2.92. The molecule has 1 unspecified atom stereocenters. The zero-order chi connectivity index (χ0) is 9.47. The lowest BCUT2D eigenvalue weighted by Crippen LogP contribution is -2.47. The van der Waals surface area contributed by atoms with Gasteiger partial charge in [0.1, 0.15) is 0 Å². The quantitative estimate of drug-likeness (QED) is 0.706. The summed E-state index contributed by atoms with van der Waals surface area (Å²) < 4.78 is 5.04. The molecule has 0 bridgehead atoms. The van der Waals surface area contributed by atoms with Crippen LogP contribution in [0.3, 0.4) is 0 Å². The fraction of sp³-hybridized carbons (Fsp3) is 0.700. The summed E-state index contributed by atoms with van der Waals surface area (Å²) in [6, 6.07) is 0. The fourth-order valence-corrected chi connectivity index (χ4v) is 1.77. The lowest BCUT2D eigenvalue weighted by atomic mass is 9.87. The molecule has 2 rings (SSSR count). The van der Waals surface area contributed by atoms with Gasteiger partial charge in [-0.25, -0.2) is 0 Å². The van der Waals surface area contributed by atoms with Gasteiger partial charge in [-0.2, -0.15) is 0 Å². The first-order valence-corrected chi connectivity index (χ1v) is 4.76. The number of nitrogens with two attached hydrogens (primary N) is 1. The standard InChI is InChI=1S/C10H15NO2/c1-10(11,8-2-3-8)9(12)7-4-5-13-6-7/h6,8H,2-5,11H2,1H3. The highest BCUT2D eigenvalue weighted by atomic mass is 16.5. The molecule has 2 N–H and O–H groups in total. The van der Waals surface area contributed by atoms with Crippen LogP contribution in [0, 0.1) is 5.92 Å². The van der Waals surface area contributed by atoms with E-state index in [1.807, 2.05) is 6.92 Å². The molecule has 13 heavy (non-hydrogen) atoms. The van der Waals surface area contributed by atoms with Crippen LogP contribution in [-0.4, -0.2) is 17.9 Å². The number of hydrogen-bond acceptors (Lipinski definition) is 3. The molecule has 0 aromatic carbocycles. The number of ketones is 1. The molecule has 1 fully saturated rings. The van der Waals surface area contributed by atoms with Crippen molar-refractivity contribution in [2.24, 2.45) is 11.7 Å². The summed E-state index contributed by atoms with van der Waals surface area (Å²) >= 11 is 0. The SMILES string of the molecule is CC(N)(C(=O)C1=COCC1)C1CC1. The molecule has 72 valence electrons. The summed E-state index contributed by atoms with van der Waals surface area (Å²) in [6.45, 7) is 2.47. The smallest absolute Gasteiger partial charge is 0.181 e. The average molecular weight is 181 g/mol. The van der Waals surface area contributed by atoms with Crippen LogP contribution in [0.4, 0.5) is 0 Å². The van der Waals surface area contributed by atoms with Crippen molar-refractivity contribution in [3.63, 3.8) is 0 Å². The Hall–Kier alpha value is -0.830. The van der Waals surface area contributed by atoms with Crippen LogP contribution < -0.4 is 5.73 Å². The van der Waals surface area contributed by atoms with E-state index in [-0.39, 0.29) is 5.78 Å². The van der Waals surface area contributed by atoms with E-state index >= 15 is 0 Å². The normalized spacial score (nSPS) is 26.2. The Labute approximate surface area is 77.9 Å². The van der Waals surface area contributed by atoms with Crippen molar-refractivity contribution in [3.05, 3.63) is 11.8 Å². The molecule has 0 aromatic heterocycles. The maximum absolute atomic E-state index is 11.9. The Bertz CT molecular complexity index is 264. The summed E-state index contributed by atoms with van der Waals surface area (Å²) in [4.78, 5) is 11.9. The van der Waals surface area contributed by atoms with E-state index in [2.05, 4.69) is 0 Å². The second kappa shape index (κ2) is 2.84. The number of ether oxygens (including phenoxy) is 1. The second-order valence-electron chi connectivity index (χ2n) is 4.15. The number of carbonyl (C=O) groups is 1. The van der Waals surface area contributed by atoms with Gasteiger partial charge in [-0.1, -0.05) is 0 Å². The highest BCUT2D eigenvalue weighted by molar-refractivity contribution is 6.02. The van der Waals surface area contributed by atoms with Gasteiger partial charge in [0.15, 0.2) is 5.78 Å². The van der Waals surface area contributed by atoms with Gasteiger partial charge in [0.05, 0.1) is 18.4 Å². The van der Waals surface area contributed by atoms with Gasteiger partial charge < -0.3 is 10.5 Å². The molecule has 3 heteroatoms. The molecule has 1 saturated carbocycles. The second-order valence-corrected chi connectivity index (χ2v) is 4.15. The van der Waals surface area contributed by atoms with Gasteiger partial charge in [0.25, 0.3) is 0 Å². The maximum Gasteiger partial charge on any atom is 0.181 e. The molecule has 1 aliphatic carbocycles. The van der Waals surface area contributed by atoms with E-state index in [1.165, 1.54) is 0 Å². The van der Waals surface area contributed by atoms with Gasteiger partial charge in [0.2, 0.25) is 0 Å². The minimum atomic E-state index is -0.653. The molecule has 0 amide bonds. The summed E-state index contributed by atoms with van der Waals surface area (Å²) in [5.74, 6) is 0.467. The zero-order valence-corrected chi connectivity index (χ0v) is 7.88. The van der Waals surface area contributed by atoms with Crippen LogP contribution in [0.25, 0.3) is 0 Å². The molecule has 2 aliphatic rings. The van der Waals surface area contributed by atoms with Crippen molar-refractivity contribution >= 4 is 5.78 Å². The Kier molecular flexibility index (Phi) is 1.91. The van der Waals surface area contributed by atoms with Gasteiger partial charge in [-0.3, -0.25) is 4.79 Å². The number of rotatable bonds is 3. The van der Waals surface area contributed by atoms with Gasteiger partial charge in [-0.15, -0.1) is 0 Å². The Balaban J connectivity index is 2.10. The number of hydrogen-bond donors (Lipinski definition) is 1. The zero-order valence-electron chi connectivity index (χ0n) is 7.88. The van der Waals surface area contributed by atoms with Crippen LogP contribution in [0.1, 0.15) is 26.2 Å². The van der Waals surface area contributed by atoms with Crippen LogP contribution in [0.2, 0.25) is 0 Å². The Morgan fingerprint density at radius 3 is 2.85 bits per heavy atom. The molecule has 0 saturated heterocycles. The Morgan fingerprint density at radius 1 is 1.69 bits per heavy atom. The minimum Gasteiger partial charge on any atom is -0.500 e. The van der Waals surface area contributed by atoms with E-state index < -0.39 is 5.54 Å². The van der Waals surface area contributed by atoms with Crippen LogP contribution >= 0.6 is 0 Å².